The van der Waals surface area contributed by atoms with Crippen molar-refractivity contribution in [3.8, 4) is 5.75 Å². The summed E-state index contributed by atoms with van der Waals surface area (Å²) >= 11 is 1.72. The molecule has 0 aromatic heterocycles. The molecule has 1 nitrogen and oxygen atoms in total. The van der Waals surface area contributed by atoms with Gasteiger partial charge in [0.15, 0.2) is 0 Å². The zero-order chi connectivity index (χ0) is 10.5. The van der Waals surface area contributed by atoms with Crippen LogP contribution in [0.3, 0.4) is 0 Å². The highest BCUT2D eigenvalue weighted by molar-refractivity contribution is 7.99. The summed E-state index contributed by atoms with van der Waals surface area (Å²) < 4.78 is 5.12. The summed E-state index contributed by atoms with van der Waals surface area (Å²) in [5.41, 5.74) is 0. The molecular weight excluding hydrogens is 204 g/mol. The summed E-state index contributed by atoms with van der Waals surface area (Å²) in [6.07, 6.45) is 0. The van der Waals surface area contributed by atoms with E-state index in [9.17, 15) is 0 Å². The third-order valence-corrected chi connectivity index (χ3v) is 2.94. The van der Waals surface area contributed by atoms with Crippen LogP contribution in [-0.2, 0) is 0 Å². The summed E-state index contributed by atoms with van der Waals surface area (Å²) in [4.78, 5) is 2.39. The Morgan fingerprint density at radius 3 is 2.60 bits per heavy atom. The second kappa shape index (κ2) is 4.89. The van der Waals surface area contributed by atoms with E-state index in [0.29, 0.717) is 0 Å². The Kier molecular flexibility index (Phi) is 3.30. The lowest BCUT2D eigenvalue weighted by Gasteiger charge is -2.03. The monoisotopic (exact) mass is 215 g/mol. The van der Waals surface area contributed by atoms with E-state index in [-0.39, 0.29) is 0 Å². The number of methoxy groups -OCH3 is 1. The van der Waals surface area contributed by atoms with Crippen LogP contribution in [0.5, 0.6) is 5.75 Å². The fraction of sp³-hybridized carbons (Fsp3) is 0.0769. The Bertz CT molecular complexity index is 426. The van der Waals surface area contributed by atoms with Crippen molar-refractivity contribution in [3.05, 3.63) is 54.6 Å². The minimum Gasteiger partial charge on any atom is -0.496 e. The lowest BCUT2D eigenvalue weighted by molar-refractivity contribution is 0.413. The van der Waals surface area contributed by atoms with Gasteiger partial charge in [0.1, 0.15) is 5.75 Å². The van der Waals surface area contributed by atoms with Crippen LogP contribution in [0.25, 0.3) is 0 Å². The molecule has 15 heavy (non-hydrogen) atoms. The number of hydrogen-bond acceptors (Lipinski definition) is 2. The van der Waals surface area contributed by atoms with Gasteiger partial charge in [-0.3, -0.25) is 0 Å². The molecule has 0 unspecified atom stereocenters. The average molecular weight is 215 g/mol. The Labute approximate surface area is 94.1 Å². The van der Waals surface area contributed by atoms with Crippen LogP contribution in [-0.4, -0.2) is 7.11 Å². The van der Waals surface area contributed by atoms with Gasteiger partial charge in [-0.2, -0.15) is 0 Å². The largest absolute Gasteiger partial charge is 0.496 e. The summed E-state index contributed by atoms with van der Waals surface area (Å²) in [6.45, 7) is 0. The van der Waals surface area contributed by atoms with E-state index >= 15 is 0 Å². The van der Waals surface area contributed by atoms with Gasteiger partial charge >= 0.3 is 0 Å². The van der Waals surface area contributed by atoms with Crippen molar-refractivity contribution in [2.75, 3.05) is 7.11 Å². The standard InChI is InChI=1S/C13H11OS/c1-14-11-6-5-9-13(10-11)15-12-7-3-2-4-8-12/h2-5,7-10H,1H3. The van der Waals surface area contributed by atoms with Crippen LogP contribution in [0.4, 0.5) is 0 Å². The average Bonchev–Trinajstić information content (AvgIpc) is 2.31. The predicted molar refractivity (Wildman–Crippen MR) is 62.4 cm³/mol. The Morgan fingerprint density at radius 2 is 1.87 bits per heavy atom. The molecule has 0 aliphatic rings. The number of benzene rings is 2. The maximum absolute atomic E-state index is 5.12. The van der Waals surface area contributed by atoms with E-state index < -0.39 is 0 Å². The predicted octanol–water partition coefficient (Wildman–Crippen LogP) is 3.65. The smallest absolute Gasteiger partial charge is 0.127 e. The maximum Gasteiger partial charge on any atom is 0.127 e. The van der Waals surface area contributed by atoms with Gasteiger partial charge in [-0.05, 0) is 30.3 Å². The van der Waals surface area contributed by atoms with E-state index in [1.807, 2.05) is 36.4 Å². The second-order valence-corrected chi connectivity index (χ2v) is 4.15. The van der Waals surface area contributed by atoms with Gasteiger partial charge in [-0.1, -0.05) is 30.0 Å². The minimum atomic E-state index is 0.774. The lowest BCUT2D eigenvalue weighted by Crippen LogP contribution is -1.82. The highest BCUT2D eigenvalue weighted by atomic mass is 32.2. The van der Waals surface area contributed by atoms with Gasteiger partial charge in [0.25, 0.3) is 0 Å². The zero-order valence-electron chi connectivity index (χ0n) is 8.44. The molecule has 0 saturated carbocycles. The van der Waals surface area contributed by atoms with Crippen LogP contribution in [0.1, 0.15) is 0 Å². The first-order valence-electron chi connectivity index (χ1n) is 4.67. The summed E-state index contributed by atoms with van der Waals surface area (Å²) in [5, 5.41) is 0. The molecule has 1 radical (unpaired) electrons. The molecule has 0 fully saturated rings. The molecule has 2 aromatic rings. The summed E-state index contributed by atoms with van der Waals surface area (Å²) in [5.74, 6) is 0.774. The number of hydrogen-bond donors (Lipinski definition) is 0. The molecule has 0 spiro atoms. The van der Waals surface area contributed by atoms with E-state index in [1.165, 1.54) is 4.90 Å². The van der Waals surface area contributed by atoms with E-state index in [0.717, 1.165) is 10.6 Å². The molecule has 0 atom stereocenters. The van der Waals surface area contributed by atoms with Crippen molar-refractivity contribution >= 4 is 11.8 Å². The van der Waals surface area contributed by atoms with E-state index in [2.05, 4.69) is 18.2 Å². The van der Waals surface area contributed by atoms with Crippen LogP contribution >= 0.6 is 11.8 Å². The third-order valence-electron chi connectivity index (χ3n) is 1.95. The molecule has 0 aliphatic carbocycles. The fourth-order valence-corrected chi connectivity index (χ4v) is 2.10. The second-order valence-electron chi connectivity index (χ2n) is 3.01. The maximum atomic E-state index is 5.12. The van der Waals surface area contributed by atoms with Crippen molar-refractivity contribution in [1.29, 1.82) is 0 Å². The first kappa shape index (κ1) is 10.1. The molecule has 0 saturated heterocycles. The molecule has 0 N–H and O–H groups in total. The van der Waals surface area contributed by atoms with Crippen molar-refractivity contribution in [1.82, 2.24) is 0 Å². The van der Waals surface area contributed by atoms with Crippen molar-refractivity contribution < 1.29 is 4.74 Å². The van der Waals surface area contributed by atoms with Gasteiger partial charge < -0.3 is 4.74 Å². The third kappa shape index (κ3) is 2.77. The molecule has 2 rings (SSSR count). The Hall–Kier alpha value is -1.41. The SMILES string of the molecule is COc1[c]ccc(Sc2ccccc2)c1. The van der Waals surface area contributed by atoms with Gasteiger partial charge in [0, 0.05) is 15.9 Å². The van der Waals surface area contributed by atoms with Crippen molar-refractivity contribution in [2.24, 2.45) is 0 Å². The molecule has 75 valence electrons. The quantitative estimate of drug-likeness (QED) is 0.773. The van der Waals surface area contributed by atoms with Crippen LogP contribution in [0, 0.1) is 6.07 Å². The molecule has 2 aromatic carbocycles. The van der Waals surface area contributed by atoms with Gasteiger partial charge in [0.05, 0.1) is 7.11 Å². The lowest BCUT2D eigenvalue weighted by atomic mass is 10.3. The van der Waals surface area contributed by atoms with Crippen LogP contribution in [0.2, 0.25) is 0 Å². The van der Waals surface area contributed by atoms with Crippen LogP contribution < -0.4 is 4.74 Å². The summed E-state index contributed by atoms with van der Waals surface area (Å²) in [7, 11) is 1.66. The topological polar surface area (TPSA) is 9.23 Å². The first-order valence-corrected chi connectivity index (χ1v) is 5.49. The molecule has 0 bridgehead atoms. The van der Waals surface area contributed by atoms with Gasteiger partial charge in [0.2, 0.25) is 0 Å². The number of ether oxygens (including phenoxy) is 1. The van der Waals surface area contributed by atoms with E-state index in [1.54, 1.807) is 18.9 Å². The molecule has 2 heteroatoms. The van der Waals surface area contributed by atoms with Crippen molar-refractivity contribution in [2.45, 2.75) is 9.79 Å². The Morgan fingerprint density at radius 1 is 1.07 bits per heavy atom. The summed E-state index contributed by atoms with van der Waals surface area (Å²) in [6, 6.07) is 19.2. The highest BCUT2D eigenvalue weighted by Crippen LogP contribution is 2.29. The van der Waals surface area contributed by atoms with Gasteiger partial charge in [-0.25, -0.2) is 0 Å². The van der Waals surface area contributed by atoms with E-state index in [4.69, 9.17) is 4.74 Å². The molecule has 0 aliphatic heterocycles. The first-order chi connectivity index (χ1) is 7.38. The molecule has 0 heterocycles. The molecular formula is C13H11OS. The van der Waals surface area contributed by atoms with Gasteiger partial charge in [-0.15, -0.1) is 0 Å². The molecule has 0 amide bonds. The van der Waals surface area contributed by atoms with Crippen molar-refractivity contribution in [3.63, 3.8) is 0 Å². The fourth-order valence-electron chi connectivity index (χ4n) is 1.23. The normalized spacial score (nSPS) is 9.93. The van der Waals surface area contributed by atoms with Crippen LogP contribution in [0.15, 0.2) is 58.3 Å². The Balaban J connectivity index is 2.17. The zero-order valence-corrected chi connectivity index (χ0v) is 9.25. The minimum absolute atomic E-state index is 0.774. The number of rotatable bonds is 3. The highest BCUT2D eigenvalue weighted by Gasteiger charge is 1.98.